The normalized spacial score (nSPS) is 3.10. The number of hydrogen-bond acceptors (Lipinski definition) is 6. The molecule has 67 valence electrons. The average molecular weight is 321 g/mol. The summed E-state index contributed by atoms with van der Waals surface area (Å²) in [5, 5.41) is 0. The van der Waals surface area contributed by atoms with Crippen molar-refractivity contribution in [3.8, 4) is 0 Å². The van der Waals surface area contributed by atoms with Crippen LogP contribution < -0.4 is 0 Å². The van der Waals surface area contributed by atoms with E-state index in [1.165, 1.54) is 0 Å². The molecule has 0 spiro atoms. The summed E-state index contributed by atoms with van der Waals surface area (Å²) in [7, 11) is 0. The predicted octanol–water partition coefficient (Wildman–Crippen LogP) is -0.723. The van der Waals surface area contributed by atoms with Gasteiger partial charge in [-0.25, -0.2) is 0 Å². The molecule has 10 heavy (non-hydrogen) atoms. The van der Waals surface area contributed by atoms with Gasteiger partial charge in [-0.1, -0.05) is 0 Å². The van der Waals surface area contributed by atoms with Gasteiger partial charge in [0.05, 0.1) is 0 Å². The fraction of sp³-hybridized carbons (Fsp3) is 0. The van der Waals surface area contributed by atoms with E-state index >= 15 is 0 Å². The van der Waals surface area contributed by atoms with Crippen LogP contribution in [0.1, 0.15) is 0 Å². The van der Waals surface area contributed by atoms with Crippen molar-refractivity contribution in [1.29, 1.82) is 0 Å². The van der Waals surface area contributed by atoms with Crippen LogP contribution in [0.2, 0.25) is 0 Å². The third-order valence-electron chi connectivity index (χ3n) is 0. The first kappa shape index (κ1) is 22.5. The Hall–Kier alpha value is 1.06. The van der Waals surface area contributed by atoms with Crippen molar-refractivity contribution < 1.29 is 87.5 Å². The third-order valence-corrected chi connectivity index (χ3v) is 0. The summed E-state index contributed by atoms with van der Waals surface area (Å²) in [6.07, 6.45) is 0. The van der Waals surface area contributed by atoms with E-state index in [1.807, 2.05) is 0 Å². The van der Waals surface area contributed by atoms with Crippen LogP contribution in [0.4, 0.5) is 0 Å². The van der Waals surface area contributed by atoms with Crippen LogP contribution >= 0.6 is 0 Å². The van der Waals surface area contributed by atoms with Crippen molar-refractivity contribution in [2.75, 3.05) is 0 Å². The zero-order valence-electron chi connectivity index (χ0n) is 3.96. The van der Waals surface area contributed by atoms with Gasteiger partial charge in [-0.3, -0.25) is 0 Å². The molecule has 10 heteroatoms. The zero-order valence-corrected chi connectivity index (χ0v) is 8.69. The Kier molecular flexibility index (Phi) is 198. The van der Waals surface area contributed by atoms with Gasteiger partial charge >= 0.3 is 87.5 Å². The van der Waals surface area contributed by atoms with Crippen LogP contribution in [0, 0.1) is 0 Å². The second-order valence-corrected chi connectivity index (χ2v) is 0.603. The molecule has 6 nitrogen and oxygen atoms in total. The van der Waals surface area contributed by atoms with Crippen molar-refractivity contribution in [2.45, 2.75) is 0 Å². The van der Waals surface area contributed by atoms with Gasteiger partial charge in [-0.2, -0.15) is 0 Å². The summed E-state index contributed by atoms with van der Waals surface area (Å²) in [6.45, 7) is 0. The van der Waals surface area contributed by atoms with Crippen molar-refractivity contribution in [2.24, 2.45) is 0 Å². The van der Waals surface area contributed by atoms with E-state index in [4.69, 9.17) is 22.0 Å². The van der Waals surface area contributed by atoms with Crippen LogP contribution in [-0.4, -0.2) is 0 Å². The van der Waals surface area contributed by atoms with E-state index in [9.17, 15) is 0 Å². The summed E-state index contributed by atoms with van der Waals surface area (Å²) >= 11 is 1.81. The molecule has 0 aromatic carbocycles. The Morgan fingerprint density at radius 2 is 1.10 bits per heavy atom. The maximum absolute atomic E-state index is 8.50. The SMILES string of the molecule is [O]=[Co].[O]=[Cu].[O]=[Mn]=[O].[O]=[Ti]=[O]. The molecule has 0 aliphatic carbocycles. The molecule has 0 heterocycles. The Morgan fingerprint density at radius 3 is 1.10 bits per heavy atom. The molecule has 0 rings (SSSR count). The molecule has 0 N–H and O–H groups in total. The Labute approximate surface area is 86.8 Å². The van der Waals surface area contributed by atoms with Crippen molar-refractivity contribution in [1.82, 2.24) is 0 Å². The van der Waals surface area contributed by atoms with E-state index in [2.05, 4.69) is 31.6 Å². The minimum atomic E-state index is -2.00. The monoisotopic (exact) mass is 321 g/mol. The molecule has 0 aliphatic rings. The Balaban J connectivity index is -0.0000000246. The van der Waals surface area contributed by atoms with Crippen LogP contribution in [0.3, 0.4) is 0 Å². The van der Waals surface area contributed by atoms with Gasteiger partial charge in [-0.05, 0) is 0 Å². The molecule has 0 radical (unpaired) electrons. The van der Waals surface area contributed by atoms with Gasteiger partial charge in [-0.15, -0.1) is 0 Å². The molecule has 0 amide bonds. The average Bonchev–Trinajstić information content (AvgIpc) is 1.99. The molecular weight excluding hydrogens is 321 g/mol. The number of rotatable bonds is 0. The first-order valence-electron chi connectivity index (χ1n) is 0.976. The van der Waals surface area contributed by atoms with Gasteiger partial charge in [0, 0.05) is 0 Å². The van der Waals surface area contributed by atoms with Crippen molar-refractivity contribution in [3.05, 3.63) is 0 Å². The van der Waals surface area contributed by atoms with Gasteiger partial charge in [0.15, 0.2) is 0 Å². The maximum atomic E-state index is 8.50. The fourth-order valence-corrected chi connectivity index (χ4v) is 0. The van der Waals surface area contributed by atoms with E-state index in [0.29, 0.717) is 0 Å². The van der Waals surface area contributed by atoms with Crippen molar-refractivity contribution in [3.63, 3.8) is 0 Å². The fourth-order valence-electron chi connectivity index (χ4n) is 0. The van der Waals surface area contributed by atoms with Gasteiger partial charge < -0.3 is 0 Å². The minimum absolute atomic E-state index is 1.44. The molecule has 0 saturated carbocycles. The molecule has 0 aromatic heterocycles. The van der Waals surface area contributed by atoms with E-state index in [1.54, 1.807) is 0 Å². The van der Waals surface area contributed by atoms with Crippen LogP contribution in [-0.2, 0) is 87.5 Å². The second kappa shape index (κ2) is 88.2. The van der Waals surface area contributed by atoms with Crippen LogP contribution in [0.15, 0.2) is 0 Å². The van der Waals surface area contributed by atoms with Crippen LogP contribution in [0.5, 0.6) is 0 Å². The second-order valence-electron chi connectivity index (χ2n) is 0.146. The van der Waals surface area contributed by atoms with Gasteiger partial charge in [0.2, 0.25) is 0 Å². The van der Waals surface area contributed by atoms with E-state index in [-0.39, 0.29) is 0 Å². The first-order chi connectivity index (χ1) is 4.83. The zero-order chi connectivity index (χ0) is 9.41. The summed E-state index contributed by atoms with van der Waals surface area (Å²) < 4.78 is 49.6. The molecule has 0 fully saturated rings. The summed E-state index contributed by atoms with van der Waals surface area (Å²) in [6, 6.07) is 0. The van der Waals surface area contributed by atoms with Crippen LogP contribution in [0.25, 0.3) is 0 Å². The molecule has 0 aliphatic heterocycles. The van der Waals surface area contributed by atoms with E-state index < -0.39 is 33.9 Å². The van der Waals surface area contributed by atoms with Gasteiger partial charge in [0.1, 0.15) is 0 Å². The molecule has 0 bridgehead atoms. The predicted molar refractivity (Wildman–Crippen MR) is 4.12 cm³/mol. The molecule has 0 aromatic rings. The molecule has 0 unspecified atom stereocenters. The Morgan fingerprint density at radius 1 is 1.10 bits per heavy atom. The first-order valence-corrected chi connectivity index (χ1v) is 4.02. The molecule has 0 atom stereocenters. The topological polar surface area (TPSA) is 102 Å². The third kappa shape index (κ3) is 524. The van der Waals surface area contributed by atoms with Crippen molar-refractivity contribution >= 4 is 0 Å². The number of hydrogen-bond donors (Lipinski definition) is 0. The van der Waals surface area contributed by atoms with E-state index in [0.717, 1.165) is 0 Å². The standard InChI is InChI=1S/Co.Cu.Mn.6O.Ti. The van der Waals surface area contributed by atoms with Gasteiger partial charge in [0.25, 0.3) is 0 Å². The summed E-state index contributed by atoms with van der Waals surface area (Å²) in [5.74, 6) is 0. The summed E-state index contributed by atoms with van der Waals surface area (Å²) in [4.78, 5) is 0. The Bertz CT molecular complexity index is 90.3. The molecular formula is CoCuMnO6Ti. The molecule has 0 saturated heterocycles. The quantitative estimate of drug-likeness (QED) is 0.545. The summed E-state index contributed by atoms with van der Waals surface area (Å²) in [5.41, 5.74) is 0.